The fourth-order valence-electron chi connectivity index (χ4n) is 3.41. The molecule has 3 rings (SSSR count). The van der Waals surface area contributed by atoms with Crippen LogP contribution in [0.1, 0.15) is 11.7 Å². The normalized spacial score (nSPS) is 16.4. The molecule has 9 heteroatoms. The molecule has 0 saturated carbocycles. The maximum absolute atomic E-state index is 13.2. The summed E-state index contributed by atoms with van der Waals surface area (Å²) < 4.78 is 15.3. The van der Waals surface area contributed by atoms with E-state index in [-0.39, 0.29) is 16.8 Å². The lowest BCUT2D eigenvalue weighted by molar-refractivity contribution is -0.136. The highest BCUT2D eigenvalue weighted by molar-refractivity contribution is 6.39. The molecule has 1 aliphatic heterocycles. The Morgan fingerprint density at radius 3 is 2.48 bits per heavy atom. The molecule has 2 aromatic rings. The van der Waals surface area contributed by atoms with Crippen LogP contribution in [-0.4, -0.2) is 66.0 Å². The van der Waals surface area contributed by atoms with Gasteiger partial charge in [-0.05, 0) is 37.4 Å². The van der Waals surface area contributed by atoms with E-state index in [2.05, 4.69) is 27.5 Å². The van der Waals surface area contributed by atoms with Gasteiger partial charge in [-0.2, -0.15) is 0 Å². The molecule has 2 heterocycles. The number of rotatable bonds is 5. The minimum Gasteiger partial charge on any atom is -0.353 e. The Labute approximate surface area is 174 Å². The predicted octanol–water partition coefficient (Wildman–Crippen LogP) is 1.86. The molecule has 1 atom stereocenters. The number of halogens is 2. The predicted molar refractivity (Wildman–Crippen MR) is 110 cm³/mol. The highest BCUT2D eigenvalue weighted by Gasteiger charge is 2.27. The molecular formula is C20H25ClFN5O2. The first kappa shape index (κ1) is 21.3. The van der Waals surface area contributed by atoms with Gasteiger partial charge in [0.25, 0.3) is 0 Å². The summed E-state index contributed by atoms with van der Waals surface area (Å²) in [6.07, 6.45) is 1.96. The highest BCUT2D eigenvalue weighted by Crippen LogP contribution is 2.22. The Hall–Kier alpha value is -2.42. The maximum Gasteiger partial charge on any atom is 0.313 e. The van der Waals surface area contributed by atoms with Gasteiger partial charge in [0, 0.05) is 57.3 Å². The largest absolute Gasteiger partial charge is 0.353 e. The summed E-state index contributed by atoms with van der Waals surface area (Å²) in [5.41, 5.74) is 1.33. The third kappa shape index (κ3) is 5.35. The first-order valence-electron chi connectivity index (χ1n) is 9.43. The van der Waals surface area contributed by atoms with Crippen molar-refractivity contribution in [2.24, 2.45) is 7.05 Å². The van der Waals surface area contributed by atoms with Crippen molar-refractivity contribution in [3.63, 3.8) is 0 Å². The number of aryl methyl sites for hydroxylation is 1. The van der Waals surface area contributed by atoms with E-state index in [0.717, 1.165) is 37.9 Å². The van der Waals surface area contributed by atoms with E-state index in [1.807, 2.05) is 29.9 Å². The molecule has 7 nitrogen and oxygen atoms in total. The van der Waals surface area contributed by atoms with E-state index in [1.165, 1.54) is 12.1 Å². The van der Waals surface area contributed by atoms with Gasteiger partial charge in [-0.1, -0.05) is 11.6 Å². The number of amides is 2. The molecule has 0 bridgehead atoms. The van der Waals surface area contributed by atoms with Crippen molar-refractivity contribution in [2.75, 3.05) is 45.1 Å². The van der Waals surface area contributed by atoms with E-state index in [0.29, 0.717) is 6.54 Å². The fraction of sp³-hybridized carbons (Fsp3) is 0.400. The smallest absolute Gasteiger partial charge is 0.313 e. The molecular weight excluding hydrogens is 397 g/mol. The lowest BCUT2D eigenvalue weighted by Crippen LogP contribution is -2.49. The number of benzene rings is 1. The lowest BCUT2D eigenvalue weighted by atomic mass is 10.1. The molecule has 0 radical (unpaired) electrons. The summed E-state index contributed by atoms with van der Waals surface area (Å²) in [6, 6.07) is 7.69. The average Bonchev–Trinajstić information content (AvgIpc) is 3.12. The van der Waals surface area contributed by atoms with Crippen LogP contribution in [0.25, 0.3) is 0 Å². The molecule has 29 heavy (non-hydrogen) atoms. The van der Waals surface area contributed by atoms with Gasteiger partial charge in [0.15, 0.2) is 0 Å². The fourth-order valence-corrected chi connectivity index (χ4v) is 3.59. The standard InChI is InChI=1S/C20H25ClFN5O2/c1-25-8-10-27(11-9-25)18(17-4-3-7-26(17)2)13-23-19(28)20(29)24-14-5-6-16(22)15(21)12-14/h3-7,12,18H,8-11,13H2,1-2H3,(H,23,28)(H,24,29)/t18-/m1/s1. The number of carbonyl (C=O) groups excluding carboxylic acids is 2. The van der Waals surface area contributed by atoms with Crippen LogP contribution in [0, 0.1) is 5.82 Å². The van der Waals surface area contributed by atoms with Gasteiger partial charge in [0.05, 0.1) is 11.1 Å². The van der Waals surface area contributed by atoms with Crippen LogP contribution in [-0.2, 0) is 16.6 Å². The number of hydrogen-bond acceptors (Lipinski definition) is 4. The Morgan fingerprint density at radius 1 is 1.14 bits per heavy atom. The van der Waals surface area contributed by atoms with Gasteiger partial charge in [0.1, 0.15) is 5.82 Å². The second-order valence-corrected chi connectivity index (χ2v) is 7.60. The van der Waals surface area contributed by atoms with Crippen LogP contribution < -0.4 is 10.6 Å². The molecule has 1 aliphatic rings. The molecule has 0 unspecified atom stereocenters. The van der Waals surface area contributed by atoms with Gasteiger partial charge in [-0.15, -0.1) is 0 Å². The summed E-state index contributed by atoms with van der Waals surface area (Å²) in [5.74, 6) is -2.16. The van der Waals surface area contributed by atoms with Crippen molar-refractivity contribution in [3.05, 3.63) is 53.1 Å². The summed E-state index contributed by atoms with van der Waals surface area (Å²) in [4.78, 5) is 29.1. The highest BCUT2D eigenvalue weighted by atomic mass is 35.5. The Balaban J connectivity index is 1.63. The zero-order valence-electron chi connectivity index (χ0n) is 16.5. The molecule has 1 aromatic carbocycles. The van der Waals surface area contributed by atoms with E-state index >= 15 is 0 Å². The van der Waals surface area contributed by atoms with E-state index < -0.39 is 17.6 Å². The summed E-state index contributed by atoms with van der Waals surface area (Å²) >= 11 is 5.71. The SMILES string of the molecule is CN1CCN([C@H](CNC(=O)C(=O)Nc2ccc(F)c(Cl)c2)c2cccn2C)CC1. The first-order valence-corrected chi connectivity index (χ1v) is 9.81. The van der Waals surface area contributed by atoms with Gasteiger partial charge in [-0.25, -0.2) is 4.39 Å². The molecule has 1 aromatic heterocycles. The summed E-state index contributed by atoms with van der Waals surface area (Å²) in [6.45, 7) is 3.95. The molecule has 2 N–H and O–H groups in total. The summed E-state index contributed by atoms with van der Waals surface area (Å²) in [5, 5.41) is 5.04. The summed E-state index contributed by atoms with van der Waals surface area (Å²) in [7, 11) is 4.05. The number of carbonyl (C=O) groups is 2. The Bertz CT molecular complexity index is 880. The minimum absolute atomic E-state index is 0.0410. The molecule has 1 fully saturated rings. The first-order chi connectivity index (χ1) is 13.8. The van der Waals surface area contributed by atoms with E-state index in [1.54, 1.807) is 0 Å². The van der Waals surface area contributed by atoms with Crippen molar-refractivity contribution in [1.82, 2.24) is 19.7 Å². The molecule has 156 valence electrons. The quantitative estimate of drug-likeness (QED) is 0.723. The Kier molecular flexibility index (Phi) is 6.89. The number of aromatic nitrogens is 1. The van der Waals surface area contributed by atoms with Crippen LogP contribution in [0.15, 0.2) is 36.5 Å². The molecule has 2 amide bonds. The van der Waals surface area contributed by atoms with Crippen molar-refractivity contribution < 1.29 is 14.0 Å². The van der Waals surface area contributed by atoms with Gasteiger partial charge in [0.2, 0.25) is 0 Å². The van der Waals surface area contributed by atoms with Crippen LogP contribution in [0.5, 0.6) is 0 Å². The number of nitrogens with zero attached hydrogens (tertiary/aromatic N) is 3. The second kappa shape index (κ2) is 9.39. The lowest BCUT2D eigenvalue weighted by Gasteiger charge is -2.38. The van der Waals surface area contributed by atoms with Crippen molar-refractivity contribution >= 4 is 29.1 Å². The van der Waals surface area contributed by atoms with Gasteiger partial charge < -0.3 is 20.1 Å². The second-order valence-electron chi connectivity index (χ2n) is 7.19. The minimum atomic E-state index is -0.823. The molecule has 0 spiro atoms. The monoisotopic (exact) mass is 421 g/mol. The number of nitrogens with one attached hydrogen (secondary N) is 2. The number of piperazine rings is 1. The van der Waals surface area contributed by atoms with E-state index in [4.69, 9.17) is 11.6 Å². The van der Waals surface area contributed by atoms with Gasteiger partial charge >= 0.3 is 11.8 Å². The molecule has 1 saturated heterocycles. The van der Waals surface area contributed by atoms with Crippen molar-refractivity contribution in [2.45, 2.75) is 6.04 Å². The van der Waals surface area contributed by atoms with E-state index in [9.17, 15) is 14.0 Å². The third-order valence-corrected chi connectivity index (χ3v) is 5.43. The Morgan fingerprint density at radius 2 is 1.86 bits per heavy atom. The number of hydrogen-bond donors (Lipinski definition) is 2. The van der Waals surface area contributed by atoms with Crippen molar-refractivity contribution in [1.29, 1.82) is 0 Å². The zero-order valence-corrected chi connectivity index (χ0v) is 17.2. The van der Waals surface area contributed by atoms with Crippen LogP contribution in [0.4, 0.5) is 10.1 Å². The van der Waals surface area contributed by atoms with Crippen molar-refractivity contribution in [3.8, 4) is 0 Å². The van der Waals surface area contributed by atoms with Crippen LogP contribution in [0.2, 0.25) is 5.02 Å². The number of anilines is 1. The van der Waals surface area contributed by atoms with Crippen LogP contribution in [0.3, 0.4) is 0 Å². The third-order valence-electron chi connectivity index (χ3n) is 5.14. The average molecular weight is 422 g/mol. The topological polar surface area (TPSA) is 69.6 Å². The maximum atomic E-state index is 13.2. The number of likely N-dealkylation sites (N-methyl/N-ethyl adjacent to an activating group) is 1. The zero-order chi connectivity index (χ0) is 21.0. The van der Waals surface area contributed by atoms with Gasteiger partial charge in [-0.3, -0.25) is 14.5 Å². The molecule has 0 aliphatic carbocycles. The van der Waals surface area contributed by atoms with Crippen LogP contribution >= 0.6 is 11.6 Å².